The van der Waals surface area contributed by atoms with Crippen LogP contribution < -0.4 is 10.1 Å². The monoisotopic (exact) mass is 409 g/mol. The lowest BCUT2D eigenvalue weighted by molar-refractivity contribution is -0.113. The fourth-order valence-corrected chi connectivity index (χ4v) is 3.53. The first-order chi connectivity index (χ1) is 13.8. The lowest BCUT2D eigenvalue weighted by Gasteiger charge is -2.07. The number of nitrogens with one attached hydrogen (secondary N) is 1. The summed E-state index contributed by atoms with van der Waals surface area (Å²) in [7, 11) is 0. The van der Waals surface area contributed by atoms with Crippen molar-refractivity contribution in [1.82, 2.24) is 10.2 Å². The lowest BCUT2D eigenvalue weighted by atomic mass is 10.3. The Kier molecular flexibility index (Phi) is 5.69. The molecule has 0 aliphatic carbocycles. The number of benzene rings is 2. The van der Waals surface area contributed by atoms with Gasteiger partial charge in [0, 0.05) is 5.69 Å². The smallest absolute Gasteiger partial charge is 0.277 e. The molecular formula is C20H15N3O3S2. The van der Waals surface area contributed by atoms with Crippen LogP contribution in [0.2, 0.25) is 0 Å². The van der Waals surface area contributed by atoms with E-state index in [0.717, 1.165) is 10.6 Å². The highest BCUT2D eigenvalue weighted by Gasteiger charge is 2.12. The Bertz CT molecular complexity index is 1030. The fraction of sp³-hybridized carbons (Fsp3) is 0.0500. The van der Waals surface area contributed by atoms with Gasteiger partial charge in [0.2, 0.25) is 5.91 Å². The molecule has 2 aromatic heterocycles. The molecule has 0 fully saturated rings. The van der Waals surface area contributed by atoms with E-state index >= 15 is 0 Å². The van der Waals surface area contributed by atoms with Gasteiger partial charge >= 0.3 is 0 Å². The molecule has 4 rings (SSSR count). The molecule has 0 saturated heterocycles. The first kappa shape index (κ1) is 18.3. The second-order valence-corrected chi connectivity index (χ2v) is 7.50. The number of thiophene rings is 1. The van der Waals surface area contributed by atoms with E-state index in [9.17, 15) is 4.79 Å². The molecule has 0 bridgehead atoms. The van der Waals surface area contributed by atoms with Crippen LogP contribution in [0, 0.1) is 0 Å². The number of aromatic nitrogens is 2. The van der Waals surface area contributed by atoms with Gasteiger partial charge in [-0.1, -0.05) is 36.0 Å². The van der Waals surface area contributed by atoms with Gasteiger partial charge in [-0.2, -0.15) is 0 Å². The average Bonchev–Trinajstić information content (AvgIpc) is 3.41. The minimum absolute atomic E-state index is 0.155. The van der Waals surface area contributed by atoms with Crippen LogP contribution in [0.5, 0.6) is 11.5 Å². The first-order valence-corrected chi connectivity index (χ1v) is 10.3. The molecule has 1 N–H and O–H groups in total. The Balaban J connectivity index is 1.28. The standard InChI is InChI=1S/C20H15N3O3S2/c24-18(13-28-20-23-22-19(26-20)17-7-4-12-27-17)21-14-8-10-16(11-9-14)25-15-5-2-1-3-6-15/h1-12H,13H2,(H,21,24). The van der Waals surface area contributed by atoms with Crippen LogP contribution >= 0.6 is 23.1 Å². The van der Waals surface area contributed by atoms with Crippen LogP contribution in [0.3, 0.4) is 0 Å². The first-order valence-electron chi connectivity index (χ1n) is 8.39. The molecule has 2 heterocycles. The number of hydrogen-bond acceptors (Lipinski definition) is 7. The molecule has 0 unspecified atom stereocenters. The topological polar surface area (TPSA) is 77.2 Å². The molecule has 1 amide bonds. The normalized spacial score (nSPS) is 10.6. The minimum Gasteiger partial charge on any atom is -0.457 e. The van der Waals surface area contributed by atoms with E-state index in [1.807, 2.05) is 47.8 Å². The Hall–Kier alpha value is -3.10. The van der Waals surface area contributed by atoms with Gasteiger partial charge in [0.1, 0.15) is 11.5 Å². The second-order valence-electron chi connectivity index (χ2n) is 5.63. The summed E-state index contributed by atoms with van der Waals surface area (Å²) in [6.45, 7) is 0. The van der Waals surface area contributed by atoms with E-state index in [4.69, 9.17) is 9.15 Å². The van der Waals surface area contributed by atoms with Crippen molar-refractivity contribution in [2.24, 2.45) is 0 Å². The van der Waals surface area contributed by atoms with Crippen molar-refractivity contribution in [3.63, 3.8) is 0 Å². The summed E-state index contributed by atoms with van der Waals surface area (Å²) in [5, 5.41) is 13.1. The number of rotatable bonds is 7. The molecule has 140 valence electrons. The number of thioether (sulfide) groups is 1. The van der Waals surface area contributed by atoms with E-state index < -0.39 is 0 Å². The molecular weight excluding hydrogens is 394 g/mol. The van der Waals surface area contributed by atoms with Gasteiger partial charge in [0.25, 0.3) is 11.1 Å². The third kappa shape index (κ3) is 4.79. The highest BCUT2D eigenvalue weighted by atomic mass is 32.2. The summed E-state index contributed by atoms with van der Waals surface area (Å²) in [5.74, 6) is 1.95. The zero-order chi connectivity index (χ0) is 19.2. The van der Waals surface area contributed by atoms with Crippen molar-refractivity contribution < 1.29 is 13.9 Å². The van der Waals surface area contributed by atoms with E-state index in [-0.39, 0.29) is 11.7 Å². The van der Waals surface area contributed by atoms with Crippen LogP contribution in [-0.2, 0) is 4.79 Å². The highest BCUT2D eigenvalue weighted by Crippen LogP contribution is 2.27. The van der Waals surface area contributed by atoms with Gasteiger partial charge in [-0.15, -0.1) is 21.5 Å². The van der Waals surface area contributed by atoms with Crippen LogP contribution in [-0.4, -0.2) is 21.9 Å². The molecule has 4 aromatic rings. The zero-order valence-corrected chi connectivity index (χ0v) is 16.2. The van der Waals surface area contributed by atoms with Crippen molar-refractivity contribution in [2.45, 2.75) is 5.22 Å². The summed E-state index contributed by atoms with van der Waals surface area (Å²) in [4.78, 5) is 13.1. The number of nitrogens with zero attached hydrogens (tertiary/aromatic N) is 2. The summed E-state index contributed by atoms with van der Waals surface area (Å²) in [6, 6.07) is 20.5. The predicted octanol–water partition coefficient (Wildman–Crippen LogP) is 5.32. The zero-order valence-electron chi connectivity index (χ0n) is 14.6. The third-order valence-corrected chi connectivity index (χ3v) is 5.26. The molecule has 0 radical (unpaired) electrons. The number of amides is 1. The molecule has 28 heavy (non-hydrogen) atoms. The molecule has 0 saturated carbocycles. The third-order valence-electron chi connectivity index (χ3n) is 3.58. The van der Waals surface area contributed by atoms with Gasteiger partial charge < -0.3 is 14.5 Å². The van der Waals surface area contributed by atoms with E-state index in [2.05, 4.69) is 15.5 Å². The van der Waals surface area contributed by atoms with Crippen molar-refractivity contribution in [3.05, 3.63) is 72.1 Å². The molecule has 0 aliphatic rings. The van der Waals surface area contributed by atoms with Crippen molar-refractivity contribution in [3.8, 4) is 22.3 Å². The number of carbonyl (C=O) groups excluding carboxylic acids is 1. The molecule has 0 atom stereocenters. The summed E-state index contributed by atoms with van der Waals surface area (Å²) in [6.07, 6.45) is 0. The van der Waals surface area contributed by atoms with Crippen LogP contribution in [0.4, 0.5) is 5.69 Å². The Morgan fingerprint density at radius 1 is 1.00 bits per heavy atom. The van der Waals surface area contributed by atoms with E-state index in [0.29, 0.717) is 22.6 Å². The predicted molar refractivity (Wildman–Crippen MR) is 110 cm³/mol. The molecule has 8 heteroatoms. The molecule has 0 aliphatic heterocycles. The molecule has 2 aromatic carbocycles. The summed E-state index contributed by atoms with van der Waals surface area (Å²) >= 11 is 2.72. The van der Waals surface area contributed by atoms with Crippen LogP contribution in [0.15, 0.2) is 81.8 Å². The number of hydrogen-bond donors (Lipinski definition) is 1. The molecule has 0 spiro atoms. The Morgan fingerprint density at radius 2 is 1.79 bits per heavy atom. The molecule has 6 nitrogen and oxygen atoms in total. The Labute approximate surface area is 169 Å². The average molecular weight is 409 g/mol. The largest absolute Gasteiger partial charge is 0.457 e. The number of para-hydroxylation sites is 1. The SMILES string of the molecule is O=C(CSc1nnc(-c2cccs2)o1)Nc1ccc(Oc2ccccc2)cc1. The van der Waals surface area contributed by atoms with Crippen molar-refractivity contribution >= 4 is 34.7 Å². The van der Waals surface area contributed by atoms with Crippen molar-refractivity contribution in [1.29, 1.82) is 0 Å². The highest BCUT2D eigenvalue weighted by molar-refractivity contribution is 7.99. The number of ether oxygens (including phenoxy) is 1. The summed E-state index contributed by atoms with van der Waals surface area (Å²) < 4.78 is 11.3. The van der Waals surface area contributed by atoms with Gasteiger partial charge in [0.15, 0.2) is 0 Å². The van der Waals surface area contributed by atoms with Gasteiger partial charge in [-0.05, 0) is 47.8 Å². The van der Waals surface area contributed by atoms with Gasteiger partial charge in [-0.3, -0.25) is 4.79 Å². The van der Waals surface area contributed by atoms with Crippen molar-refractivity contribution in [2.75, 3.05) is 11.1 Å². The maximum absolute atomic E-state index is 12.1. The van der Waals surface area contributed by atoms with Crippen LogP contribution in [0.1, 0.15) is 0 Å². The number of carbonyl (C=O) groups is 1. The quantitative estimate of drug-likeness (QED) is 0.416. The van der Waals surface area contributed by atoms with Gasteiger partial charge in [-0.25, -0.2) is 0 Å². The number of anilines is 1. The summed E-state index contributed by atoms with van der Waals surface area (Å²) in [5.41, 5.74) is 0.691. The lowest BCUT2D eigenvalue weighted by Crippen LogP contribution is -2.13. The maximum atomic E-state index is 12.1. The van der Waals surface area contributed by atoms with E-state index in [1.165, 1.54) is 23.1 Å². The Morgan fingerprint density at radius 3 is 2.54 bits per heavy atom. The van der Waals surface area contributed by atoms with E-state index in [1.54, 1.807) is 24.3 Å². The fourth-order valence-electron chi connectivity index (χ4n) is 2.32. The second kappa shape index (κ2) is 8.73. The maximum Gasteiger partial charge on any atom is 0.277 e. The van der Waals surface area contributed by atoms with Crippen LogP contribution in [0.25, 0.3) is 10.8 Å². The van der Waals surface area contributed by atoms with Gasteiger partial charge in [0.05, 0.1) is 10.6 Å². The minimum atomic E-state index is -0.155.